The summed E-state index contributed by atoms with van der Waals surface area (Å²) in [5.74, 6) is -0.179. The van der Waals surface area contributed by atoms with Crippen LogP contribution in [-0.4, -0.2) is 65.2 Å². The van der Waals surface area contributed by atoms with Crippen LogP contribution in [0.2, 0.25) is 0 Å². The summed E-state index contributed by atoms with van der Waals surface area (Å²) in [5, 5.41) is 5.88. The van der Waals surface area contributed by atoms with Gasteiger partial charge in [0.2, 0.25) is 5.91 Å². The van der Waals surface area contributed by atoms with Gasteiger partial charge in [0.1, 0.15) is 5.75 Å². The Morgan fingerprint density at radius 2 is 1.81 bits per heavy atom. The molecule has 1 aromatic rings. The van der Waals surface area contributed by atoms with Crippen molar-refractivity contribution in [1.82, 2.24) is 20.5 Å². The number of alkyl halides is 3. The first-order chi connectivity index (χ1) is 14.9. The summed E-state index contributed by atoms with van der Waals surface area (Å²) in [6.45, 7) is 5.31. The van der Waals surface area contributed by atoms with Crippen LogP contribution in [-0.2, 0) is 4.79 Å². The molecule has 0 saturated carbocycles. The standard InChI is InChI=1S/C22H31F3N4O3/c1-21(2,3)28-19(30)12-29-16-4-5-17(29)7-14(6-16)9-27-20(31)15-8-18(11-26-10-15)32-13-22(23,24)25/h8,10-11,14,16-17H,4-7,9,12-13H2,1-3H3,(H,27,31)(H,28,30)/t14?,16-,17+. The van der Waals surface area contributed by atoms with Crippen LogP contribution >= 0.6 is 0 Å². The van der Waals surface area contributed by atoms with Crippen LogP contribution in [0.15, 0.2) is 18.5 Å². The van der Waals surface area contributed by atoms with Gasteiger partial charge in [-0.15, -0.1) is 0 Å². The number of aromatic nitrogens is 1. The van der Waals surface area contributed by atoms with E-state index >= 15 is 0 Å². The smallest absolute Gasteiger partial charge is 0.422 e. The Morgan fingerprint density at radius 1 is 1.16 bits per heavy atom. The molecule has 0 radical (unpaired) electrons. The number of hydrogen-bond donors (Lipinski definition) is 2. The first-order valence-electron chi connectivity index (χ1n) is 10.9. The zero-order valence-electron chi connectivity index (χ0n) is 18.7. The number of ether oxygens (including phenoxy) is 1. The van der Waals surface area contributed by atoms with E-state index in [1.165, 1.54) is 12.3 Å². The molecule has 178 valence electrons. The van der Waals surface area contributed by atoms with Crippen LogP contribution in [0.4, 0.5) is 13.2 Å². The third-order valence-corrected chi connectivity index (χ3v) is 5.75. The molecule has 2 bridgehead atoms. The Balaban J connectivity index is 1.48. The highest BCUT2D eigenvalue weighted by molar-refractivity contribution is 5.94. The summed E-state index contributed by atoms with van der Waals surface area (Å²) >= 11 is 0. The molecule has 2 saturated heterocycles. The molecule has 7 nitrogen and oxygen atoms in total. The SMILES string of the molecule is CC(C)(C)NC(=O)CN1[C@@H]2CC[C@H]1CC(CNC(=O)c1cncc(OCC(F)(F)F)c1)C2. The lowest BCUT2D eigenvalue weighted by Gasteiger charge is -2.39. The molecule has 10 heteroatoms. The van der Waals surface area contributed by atoms with E-state index in [0.717, 1.165) is 31.9 Å². The van der Waals surface area contributed by atoms with Gasteiger partial charge in [-0.25, -0.2) is 0 Å². The van der Waals surface area contributed by atoms with Crippen LogP contribution in [0.25, 0.3) is 0 Å². The van der Waals surface area contributed by atoms with Crippen molar-refractivity contribution in [1.29, 1.82) is 0 Å². The third kappa shape index (κ3) is 7.08. The van der Waals surface area contributed by atoms with E-state index in [0.29, 0.717) is 25.2 Å². The molecule has 0 aromatic carbocycles. The second-order valence-corrected chi connectivity index (χ2v) is 9.72. The van der Waals surface area contributed by atoms with E-state index in [9.17, 15) is 22.8 Å². The lowest BCUT2D eigenvalue weighted by atomic mass is 9.90. The largest absolute Gasteiger partial charge is 0.482 e. The van der Waals surface area contributed by atoms with Gasteiger partial charge < -0.3 is 15.4 Å². The Labute approximate surface area is 186 Å². The molecular weight excluding hydrogens is 425 g/mol. The summed E-state index contributed by atoms with van der Waals surface area (Å²) < 4.78 is 41.6. The van der Waals surface area contributed by atoms with E-state index in [4.69, 9.17) is 0 Å². The van der Waals surface area contributed by atoms with Gasteiger partial charge in [0, 0.05) is 30.4 Å². The fourth-order valence-corrected chi connectivity index (χ4v) is 4.56. The fourth-order valence-electron chi connectivity index (χ4n) is 4.56. The maximum atomic E-state index is 12.5. The molecule has 32 heavy (non-hydrogen) atoms. The average Bonchev–Trinajstić information content (AvgIpc) is 2.91. The fraction of sp³-hybridized carbons (Fsp3) is 0.682. The quantitative estimate of drug-likeness (QED) is 0.659. The minimum absolute atomic E-state index is 0.0290. The second-order valence-electron chi connectivity index (χ2n) is 9.72. The van der Waals surface area contributed by atoms with Gasteiger partial charge in [-0.1, -0.05) is 0 Å². The second kappa shape index (κ2) is 9.64. The average molecular weight is 457 g/mol. The van der Waals surface area contributed by atoms with E-state index in [-0.39, 0.29) is 28.7 Å². The first-order valence-corrected chi connectivity index (χ1v) is 10.9. The molecule has 1 aromatic heterocycles. The molecule has 2 fully saturated rings. The molecule has 2 N–H and O–H groups in total. The van der Waals surface area contributed by atoms with Crippen LogP contribution in [0.1, 0.15) is 56.8 Å². The number of fused-ring (bicyclic) bond motifs is 2. The van der Waals surface area contributed by atoms with Gasteiger partial charge in [0.25, 0.3) is 5.91 Å². The zero-order valence-corrected chi connectivity index (χ0v) is 18.7. The van der Waals surface area contributed by atoms with Crippen molar-refractivity contribution in [2.24, 2.45) is 5.92 Å². The normalized spacial score (nSPS) is 23.6. The molecular formula is C22H31F3N4O3. The maximum Gasteiger partial charge on any atom is 0.422 e. The van der Waals surface area contributed by atoms with Crippen molar-refractivity contribution in [2.75, 3.05) is 19.7 Å². The molecule has 3 rings (SSSR count). The van der Waals surface area contributed by atoms with Gasteiger partial charge in [-0.3, -0.25) is 19.5 Å². The highest BCUT2D eigenvalue weighted by Gasteiger charge is 2.41. The monoisotopic (exact) mass is 456 g/mol. The van der Waals surface area contributed by atoms with Crippen LogP contribution in [0, 0.1) is 5.92 Å². The lowest BCUT2D eigenvalue weighted by molar-refractivity contribution is -0.153. The molecule has 0 aliphatic carbocycles. The number of nitrogens with zero attached hydrogens (tertiary/aromatic N) is 2. The number of carbonyl (C=O) groups excluding carboxylic acids is 2. The van der Waals surface area contributed by atoms with E-state index < -0.39 is 18.7 Å². The molecule has 2 amide bonds. The van der Waals surface area contributed by atoms with Crippen LogP contribution < -0.4 is 15.4 Å². The minimum atomic E-state index is -4.46. The first kappa shape index (κ1) is 24.3. The number of rotatable bonds is 7. The summed E-state index contributed by atoms with van der Waals surface area (Å²) in [6.07, 6.45) is 1.86. The van der Waals surface area contributed by atoms with Crippen LogP contribution in [0.3, 0.4) is 0 Å². The molecule has 3 heterocycles. The predicted molar refractivity (Wildman–Crippen MR) is 112 cm³/mol. The molecule has 0 spiro atoms. The Morgan fingerprint density at radius 3 is 2.41 bits per heavy atom. The number of pyridine rings is 1. The highest BCUT2D eigenvalue weighted by Crippen LogP contribution is 2.38. The number of amides is 2. The van der Waals surface area contributed by atoms with E-state index in [1.54, 1.807) is 0 Å². The lowest BCUT2D eigenvalue weighted by Crippen LogP contribution is -2.52. The topological polar surface area (TPSA) is 83.6 Å². The number of halogens is 3. The number of nitrogens with one attached hydrogen (secondary N) is 2. The van der Waals surface area contributed by atoms with Crippen molar-refractivity contribution in [3.8, 4) is 5.75 Å². The number of piperidine rings is 1. The number of hydrogen-bond acceptors (Lipinski definition) is 5. The Bertz CT molecular complexity index is 811. The predicted octanol–water partition coefficient (Wildman–Crippen LogP) is 2.91. The molecule has 1 unspecified atom stereocenters. The highest BCUT2D eigenvalue weighted by atomic mass is 19.4. The summed E-state index contributed by atoms with van der Waals surface area (Å²) in [4.78, 5) is 30.9. The van der Waals surface area contributed by atoms with Gasteiger partial charge in [-0.05, 0) is 58.4 Å². The minimum Gasteiger partial charge on any atom is -0.482 e. The van der Waals surface area contributed by atoms with E-state index in [2.05, 4.69) is 25.3 Å². The number of carbonyl (C=O) groups is 2. The third-order valence-electron chi connectivity index (χ3n) is 5.75. The Kier molecular flexibility index (Phi) is 7.32. The van der Waals surface area contributed by atoms with E-state index in [1.807, 2.05) is 20.8 Å². The van der Waals surface area contributed by atoms with Gasteiger partial charge in [0.15, 0.2) is 6.61 Å². The molecule has 2 aliphatic heterocycles. The maximum absolute atomic E-state index is 12.5. The van der Waals surface area contributed by atoms with Crippen molar-refractivity contribution in [3.63, 3.8) is 0 Å². The van der Waals surface area contributed by atoms with Crippen molar-refractivity contribution in [2.45, 2.75) is 70.3 Å². The summed E-state index contributed by atoms with van der Waals surface area (Å²) in [7, 11) is 0. The summed E-state index contributed by atoms with van der Waals surface area (Å²) in [5.41, 5.74) is -0.105. The van der Waals surface area contributed by atoms with Gasteiger partial charge >= 0.3 is 6.18 Å². The van der Waals surface area contributed by atoms with Crippen molar-refractivity contribution >= 4 is 11.8 Å². The molecule has 2 aliphatic rings. The van der Waals surface area contributed by atoms with Crippen LogP contribution in [0.5, 0.6) is 5.75 Å². The van der Waals surface area contributed by atoms with Crippen molar-refractivity contribution in [3.05, 3.63) is 24.0 Å². The van der Waals surface area contributed by atoms with Gasteiger partial charge in [-0.2, -0.15) is 13.2 Å². The Hall–Kier alpha value is -2.36. The molecule has 3 atom stereocenters. The van der Waals surface area contributed by atoms with Crippen molar-refractivity contribution < 1.29 is 27.5 Å². The zero-order chi connectivity index (χ0) is 23.5. The van der Waals surface area contributed by atoms with Gasteiger partial charge in [0.05, 0.1) is 18.3 Å². The summed E-state index contributed by atoms with van der Waals surface area (Å²) in [6, 6.07) is 1.90.